The molecule has 0 aliphatic rings. The van der Waals surface area contributed by atoms with Gasteiger partial charge in [0.2, 0.25) is 5.91 Å². The number of carbonyl (C=O) groups is 1. The average Bonchev–Trinajstić information content (AvgIpc) is 2.54. The van der Waals surface area contributed by atoms with Crippen LogP contribution in [0.15, 0.2) is 55.1 Å². The van der Waals surface area contributed by atoms with Gasteiger partial charge in [-0.3, -0.25) is 4.79 Å². The van der Waals surface area contributed by atoms with Crippen LogP contribution in [0.25, 0.3) is 11.1 Å². The molecule has 3 nitrogen and oxygen atoms in total. The van der Waals surface area contributed by atoms with Crippen molar-refractivity contribution in [3.63, 3.8) is 0 Å². The molecule has 24 heavy (non-hydrogen) atoms. The lowest BCUT2D eigenvalue weighted by Gasteiger charge is -2.16. The van der Waals surface area contributed by atoms with Gasteiger partial charge < -0.3 is 10.4 Å². The Morgan fingerprint density at radius 2 is 1.75 bits per heavy atom. The number of rotatable bonds is 7. The van der Waals surface area contributed by atoms with Gasteiger partial charge in [-0.05, 0) is 41.3 Å². The Morgan fingerprint density at radius 1 is 1.12 bits per heavy atom. The number of halogens is 2. The van der Waals surface area contributed by atoms with Gasteiger partial charge in [-0.1, -0.05) is 53.5 Å². The Balaban J connectivity index is 2.08. The van der Waals surface area contributed by atoms with Gasteiger partial charge in [0.25, 0.3) is 0 Å². The molecular formula is C19H19Cl2NO2. The number of aliphatic hydroxyl groups excluding tert-OH is 1. The van der Waals surface area contributed by atoms with Crippen molar-refractivity contribution in [1.82, 2.24) is 5.32 Å². The smallest absolute Gasteiger partial charge is 0.224 e. The maximum absolute atomic E-state index is 11.6. The largest absolute Gasteiger partial charge is 0.394 e. The Bertz CT molecular complexity index is 694. The van der Waals surface area contributed by atoms with Crippen LogP contribution in [0.5, 0.6) is 0 Å². The van der Waals surface area contributed by atoms with Gasteiger partial charge in [-0.15, -0.1) is 6.58 Å². The zero-order valence-corrected chi connectivity index (χ0v) is 14.6. The molecule has 0 spiro atoms. The summed E-state index contributed by atoms with van der Waals surface area (Å²) in [6.45, 7) is 3.41. The Kier molecular flexibility index (Phi) is 6.85. The van der Waals surface area contributed by atoms with Crippen LogP contribution in [-0.2, 0) is 11.2 Å². The number of benzene rings is 2. The molecule has 0 unspecified atom stereocenters. The first-order chi connectivity index (χ1) is 11.5. The van der Waals surface area contributed by atoms with Gasteiger partial charge in [-0.2, -0.15) is 0 Å². The first-order valence-corrected chi connectivity index (χ1v) is 8.34. The SMILES string of the molecule is C=CCC(=O)N[C@H](CO)Cc1ccc(-c2cc(Cl)cc(Cl)c2)cc1. The Hall–Kier alpha value is -1.81. The fraction of sp³-hybridized carbons (Fsp3) is 0.211. The molecule has 0 bridgehead atoms. The molecule has 0 aliphatic heterocycles. The van der Waals surface area contributed by atoms with Crippen molar-refractivity contribution in [3.05, 3.63) is 70.7 Å². The lowest BCUT2D eigenvalue weighted by atomic mass is 10.0. The van der Waals surface area contributed by atoms with Crippen molar-refractivity contribution < 1.29 is 9.90 Å². The van der Waals surface area contributed by atoms with Gasteiger partial charge in [0.05, 0.1) is 12.6 Å². The molecule has 1 amide bonds. The molecule has 5 heteroatoms. The van der Waals surface area contributed by atoms with Crippen LogP contribution < -0.4 is 5.32 Å². The van der Waals surface area contributed by atoms with Crippen LogP contribution >= 0.6 is 23.2 Å². The van der Waals surface area contributed by atoms with E-state index in [1.165, 1.54) is 6.08 Å². The highest BCUT2D eigenvalue weighted by atomic mass is 35.5. The van der Waals surface area contributed by atoms with Crippen molar-refractivity contribution >= 4 is 29.1 Å². The topological polar surface area (TPSA) is 49.3 Å². The summed E-state index contributed by atoms with van der Waals surface area (Å²) in [5.41, 5.74) is 2.96. The average molecular weight is 364 g/mol. The van der Waals surface area contributed by atoms with E-state index in [2.05, 4.69) is 11.9 Å². The molecule has 2 aromatic carbocycles. The maximum Gasteiger partial charge on any atom is 0.224 e. The zero-order chi connectivity index (χ0) is 17.5. The normalized spacial score (nSPS) is 11.8. The van der Waals surface area contributed by atoms with Crippen LogP contribution in [0.2, 0.25) is 10.0 Å². The zero-order valence-electron chi connectivity index (χ0n) is 13.1. The van der Waals surface area contributed by atoms with E-state index in [0.29, 0.717) is 16.5 Å². The van der Waals surface area contributed by atoms with Crippen LogP contribution in [0.3, 0.4) is 0 Å². The third-order valence-corrected chi connectivity index (χ3v) is 3.98. The summed E-state index contributed by atoms with van der Waals surface area (Å²) in [4.78, 5) is 11.6. The minimum Gasteiger partial charge on any atom is -0.394 e. The van der Waals surface area contributed by atoms with E-state index in [0.717, 1.165) is 16.7 Å². The van der Waals surface area contributed by atoms with Crippen LogP contribution in [-0.4, -0.2) is 23.7 Å². The van der Waals surface area contributed by atoms with Crippen molar-refractivity contribution in [3.8, 4) is 11.1 Å². The summed E-state index contributed by atoms with van der Waals surface area (Å²) in [6.07, 6.45) is 2.33. The summed E-state index contributed by atoms with van der Waals surface area (Å²) < 4.78 is 0. The van der Waals surface area contributed by atoms with Gasteiger partial charge in [-0.25, -0.2) is 0 Å². The lowest BCUT2D eigenvalue weighted by Crippen LogP contribution is -2.38. The molecule has 2 rings (SSSR count). The predicted octanol–water partition coefficient (Wildman–Crippen LogP) is 4.26. The molecule has 2 aromatic rings. The van der Waals surface area contributed by atoms with Crippen molar-refractivity contribution in [2.45, 2.75) is 18.9 Å². The Morgan fingerprint density at radius 3 is 2.29 bits per heavy atom. The summed E-state index contributed by atoms with van der Waals surface area (Å²) >= 11 is 12.1. The van der Waals surface area contributed by atoms with Crippen LogP contribution in [0.4, 0.5) is 0 Å². The minimum absolute atomic E-state index is 0.117. The number of hydrogen-bond donors (Lipinski definition) is 2. The van der Waals surface area contributed by atoms with Gasteiger partial charge in [0.15, 0.2) is 0 Å². The fourth-order valence-corrected chi connectivity index (χ4v) is 2.94. The molecule has 2 N–H and O–H groups in total. The summed E-state index contributed by atoms with van der Waals surface area (Å²) in [7, 11) is 0. The summed E-state index contributed by atoms with van der Waals surface area (Å²) in [6, 6.07) is 13.0. The van der Waals surface area contributed by atoms with Gasteiger partial charge in [0.1, 0.15) is 0 Å². The van der Waals surface area contributed by atoms with E-state index < -0.39 is 0 Å². The van der Waals surface area contributed by atoms with Crippen molar-refractivity contribution in [1.29, 1.82) is 0 Å². The molecule has 0 aliphatic carbocycles. The first-order valence-electron chi connectivity index (χ1n) is 7.58. The van der Waals surface area contributed by atoms with Crippen molar-refractivity contribution in [2.75, 3.05) is 6.61 Å². The van der Waals surface area contributed by atoms with E-state index in [1.807, 2.05) is 36.4 Å². The number of aliphatic hydroxyl groups is 1. The number of carbonyl (C=O) groups excluding carboxylic acids is 1. The predicted molar refractivity (Wildman–Crippen MR) is 99.4 cm³/mol. The van der Waals surface area contributed by atoms with Crippen LogP contribution in [0, 0.1) is 0 Å². The van der Waals surface area contributed by atoms with E-state index in [9.17, 15) is 9.90 Å². The highest BCUT2D eigenvalue weighted by Crippen LogP contribution is 2.27. The second kappa shape index (κ2) is 8.88. The minimum atomic E-state index is -0.316. The van der Waals surface area contributed by atoms with Gasteiger partial charge in [0, 0.05) is 16.5 Å². The van der Waals surface area contributed by atoms with E-state index in [-0.39, 0.29) is 25.0 Å². The van der Waals surface area contributed by atoms with E-state index in [4.69, 9.17) is 23.2 Å². The molecule has 0 aromatic heterocycles. The molecule has 1 atom stereocenters. The lowest BCUT2D eigenvalue weighted by molar-refractivity contribution is -0.121. The summed E-state index contributed by atoms with van der Waals surface area (Å²) in [5, 5.41) is 13.4. The molecule has 0 heterocycles. The van der Waals surface area contributed by atoms with E-state index >= 15 is 0 Å². The second-order valence-corrected chi connectivity index (χ2v) is 6.37. The third-order valence-electron chi connectivity index (χ3n) is 3.55. The number of nitrogens with one attached hydrogen (secondary N) is 1. The Labute approximate surface area is 151 Å². The monoisotopic (exact) mass is 363 g/mol. The quantitative estimate of drug-likeness (QED) is 0.722. The van der Waals surface area contributed by atoms with Crippen molar-refractivity contribution in [2.24, 2.45) is 0 Å². The number of amides is 1. The number of hydrogen-bond acceptors (Lipinski definition) is 2. The molecule has 0 fully saturated rings. The third kappa shape index (κ3) is 5.38. The molecule has 0 saturated heterocycles. The highest BCUT2D eigenvalue weighted by molar-refractivity contribution is 6.35. The first kappa shape index (κ1) is 18.5. The molecule has 0 saturated carbocycles. The maximum atomic E-state index is 11.6. The van der Waals surface area contributed by atoms with Crippen LogP contribution in [0.1, 0.15) is 12.0 Å². The standard InChI is InChI=1S/C19H19Cl2NO2/c1-2-3-19(24)22-18(12-23)8-13-4-6-14(7-5-13)15-9-16(20)11-17(21)10-15/h2,4-7,9-11,18,23H,1,3,8,12H2,(H,22,24)/t18-/m0/s1. The van der Waals surface area contributed by atoms with E-state index in [1.54, 1.807) is 6.07 Å². The molecule has 126 valence electrons. The fourth-order valence-electron chi connectivity index (χ4n) is 2.42. The second-order valence-electron chi connectivity index (χ2n) is 5.50. The molecular weight excluding hydrogens is 345 g/mol. The molecule has 0 radical (unpaired) electrons. The van der Waals surface area contributed by atoms with Gasteiger partial charge >= 0.3 is 0 Å². The highest BCUT2D eigenvalue weighted by Gasteiger charge is 2.11. The summed E-state index contributed by atoms with van der Waals surface area (Å²) in [5.74, 6) is -0.144.